The number of nitrogens with zero attached hydrogens (tertiary/aromatic N) is 2. The molecule has 5 nitrogen and oxygen atoms in total. The first kappa shape index (κ1) is 15.2. The highest BCUT2D eigenvalue weighted by Gasteiger charge is 2.31. The zero-order valence-electron chi connectivity index (χ0n) is 11.2. The van der Waals surface area contributed by atoms with Gasteiger partial charge in [0.15, 0.2) is 0 Å². The summed E-state index contributed by atoms with van der Waals surface area (Å²) in [5, 5.41) is 11.2. The fraction of sp³-hybridized carbons (Fsp3) is 0.0714. The predicted molar refractivity (Wildman–Crippen MR) is 78.4 cm³/mol. The molecule has 0 bridgehead atoms. The summed E-state index contributed by atoms with van der Waals surface area (Å²) in [5.74, 6) is -0.316. The highest BCUT2D eigenvalue weighted by molar-refractivity contribution is 7.21. The molecule has 23 heavy (non-hydrogen) atoms. The van der Waals surface area contributed by atoms with Gasteiger partial charge in [0, 0.05) is 17.7 Å². The average Bonchev–Trinajstić information content (AvgIpc) is 2.88. The second-order valence-corrected chi connectivity index (χ2v) is 5.53. The quantitative estimate of drug-likeness (QED) is 0.509. The minimum Gasteiger partial charge on any atom is -0.406 e. The van der Waals surface area contributed by atoms with E-state index in [0.29, 0.717) is 20.8 Å². The molecule has 0 saturated heterocycles. The van der Waals surface area contributed by atoms with Crippen molar-refractivity contribution in [2.75, 3.05) is 0 Å². The Morgan fingerprint density at radius 1 is 1.13 bits per heavy atom. The highest BCUT2D eigenvalue weighted by atomic mass is 32.1. The van der Waals surface area contributed by atoms with Crippen LogP contribution in [0.2, 0.25) is 0 Å². The Bertz CT molecular complexity index is 875. The van der Waals surface area contributed by atoms with Crippen LogP contribution in [-0.2, 0) is 0 Å². The molecule has 0 radical (unpaired) electrons. The largest absolute Gasteiger partial charge is 0.573 e. The van der Waals surface area contributed by atoms with Crippen LogP contribution in [0.25, 0.3) is 20.8 Å². The molecule has 1 heterocycles. The minimum atomic E-state index is -4.75. The number of thiazole rings is 1. The number of hydrogen-bond acceptors (Lipinski definition) is 5. The van der Waals surface area contributed by atoms with E-state index in [0.717, 1.165) is 0 Å². The Labute approximate surface area is 131 Å². The van der Waals surface area contributed by atoms with Crippen LogP contribution in [0.1, 0.15) is 0 Å². The van der Waals surface area contributed by atoms with Crippen molar-refractivity contribution in [3.8, 4) is 16.3 Å². The SMILES string of the molecule is O=[N+]([O-])c1ccc(-c2nc3ccc(OC(F)(F)F)cc3s2)cc1. The Balaban J connectivity index is 1.94. The monoisotopic (exact) mass is 340 g/mol. The van der Waals surface area contributed by atoms with Crippen molar-refractivity contribution in [3.63, 3.8) is 0 Å². The van der Waals surface area contributed by atoms with Crippen molar-refractivity contribution in [3.05, 3.63) is 52.6 Å². The molecular weight excluding hydrogens is 333 g/mol. The van der Waals surface area contributed by atoms with Crippen LogP contribution in [0.5, 0.6) is 5.75 Å². The van der Waals surface area contributed by atoms with Crippen molar-refractivity contribution >= 4 is 27.2 Å². The summed E-state index contributed by atoms with van der Waals surface area (Å²) in [7, 11) is 0. The van der Waals surface area contributed by atoms with Gasteiger partial charge in [0.2, 0.25) is 0 Å². The van der Waals surface area contributed by atoms with Gasteiger partial charge < -0.3 is 4.74 Å². The van der Waals surface area contributed by atoms with E-state index < -0.39 is 11.3 Å². The zero-order chi connectivity index (χ0) is 16.6. The lowest BCUT2D eigenvalue weighted by Gasteiger charge is -2.07. The van der Waals surface area contributed by atoms with Crippen molar-refractivity contribution in [1.82, 2.24) is 4.98 Å². The van der Waals surface area contributed by atoms with Crippen LogP contribution in [0.15, 0.2) is 42.5 Å². The molecule has 3 rings (SSSR count). The Hall–Kier alpha value is -2.68. The number of halogens is 3. The summed E-state index contributed by atoms with van der Waals surface area (Å²) in [6.07, 6.45) is -4.75. The molecule has 118 valence electrons. The number of fused-ring (bicyclic) bond motifs is 1. The molecular formula is C14H7F3N2O3S. The average molecular weight is 340 g/mol. The van der Waals surface area contributed by atoms with Gasteiger partial charge >= 0.3 is 6.36 Å². The van der Waals surface area contributed by atoms with Gasteiger partial charge in [-0.2, -0.15) is 0 Å². The van der Waals surface area contributed by atoms with E-state index >= 15 is 0 Å². The van der Waals surface area contributed by atoms with Gasteiger partial charge in [0.05, 0.1) is 15.1 Å². The van der Waals surface area contributed by atoms with E-state index in [2.05, 4.69) is 9.72 Å². The van der Waals surface area contributed by atoms with E-state index in [1.165, 1.54) is 41.7 Å². The van der Waals surface area contributed by atoms with Crippen LogP contribution in [0.3, 0.4) is 0 Å². The number of aromatic nitrogens is 1. The maximum atomic E-state index is 12.2. The summed E-state index contributed by atoms with van der Waals surface area (Å²) in [4.78, 5) is 14.4. The molecule has 0 N–H and O–H groups in total. The number of rotatable bonds is 3. The molecule has 0 aliphatic rings. The van der Waals surface area contributed by atoms with Crippen LogP contribution in [0.4, 0.5) is 18.9 Å². The zero-order valence-corrected chi connectivity index (χ0v) is 12.0. The van der Waals surface area contributed by atoms with Gasteiger partial charge in [-0.1, -0.05) is 0 Å². The third kappa shape index (κ3) is 3.39. The van der Waals surface area contributed by atoms with Gasteiger partial charge in [-0.05, 0) is 30.3 Å². The minimum absolute atomic E-state index is 0.0456. The van der Waals surface area contributed by atoms with Crippen molar-refractivity contribution in [2.24, 2.45) is 0 Å². The molecule has 0 aliphatic heterocycles. The van der Waals surface area contributed by atoms with E-state index in [1.807, 2.05) is 0 Å². The van der Waals surface area contributed by atoms with Gasteiger partial charge in [0.1, 0.15) is 10.8 Å². The second kappa shape index (κ2) is 5.51. The molecule has 0 atom stereocenters. The highest BCUT2D eigenvalue weighted by Crippen LogP contribution is 2.34. The molecule has 0 fully saturated rings. The first-order valence-electron chi connectivity index (χ1n) is 6.23. The smallest absolute Gasteiger partial charge is 0.406 e. The number of non-ortho nitro benzene ring substituents is 1. The Kier molecular flexibility index (Phi) is 3.64. The lowest BCUT2D eigenvalue weighted by molar-refractivity contribution is -0.384. The number of nitro groups is 1. The molecule has 0 saturated carbocycles. The third-order valence-electron chi connectivity index (χ3n) is 2.92. The molecule has 1 aromatic heterocycles. The molecule has 3 aromatic rings. The third-order valence-corrected chi connectivity index (χ3v) is 3.99. The lowest BCUT2D eigenvalue weighted by atomic mass is 10.2. The van der Waals surface area contributed by atoms with E-state index in [-0.39, 0.29) is 11.4 Å². The first-order chi connectivity index (χ1) is 10.8. The lowest BCUT2D eigenvalue weighted by Crippen LogP contribution is -2.16. The predicted octanol–water partition coefficient (Wildman–Crippen LogP) is 4.77. The topological polar surface area (TPSA) is 65.3 Å². The first-order valence-corrected chi connectivity index (χ1v) is 7.05. The van der Waals surface area contributed by atoms with Crippen molar-refractivity contribution in [2.45, 2.75) is 6.36 Å². The van der Waals surface area contributed by atoms with Crippen LogP contribution in [0, 0.1) is 10.1 Å². The fourth-order valence-electron chi connectivity index (χ4n) is 1.95. The summed E-state index contributed by atoms with van der Waals surface area (Å²) in [6.45, 7) is 0. The maximum Gasteiger partial charge on any atom is 0.573 e. The summed E-state index contributed by atoms with van der Waals surface area (Å²) < 4.78 is 41.1. The van der Waals surface area contributed by atoms with Crippen molar-refractivity contribution in [1.29, 1.82) is 0 Å². The molecule has 0 aliphatic carbocycles. The normalized spacial score (nSPS) is 11.6. The van der Waals surface area contributed by atoms with Crippen LogP contribution >= 0.6 is 11.3 Å². The van der Waals surface area contributed by atoms with Gasteiger partial charge in [-0.3, -0.25) is 10.1 Å². The van der Waals surface area contributed by atoms with Crippen LogP contribution < -0.4 is 4.74 Å². The van der Waals surface area contributed by atoms with E-state index in [1.54, 1.807) is 12.1 Å². The van der Waals surface area contributed by atoms with Gasteiger partial charge in [-0.15, -0.1) is 24.5 Å². The van der Waals surface area contributed by atoms with Gasteiger partial charge in [0.25, 0.3) is 5.69 Å². The van der Waals surface area contributed by atoms with Gasteiger partial charge in [-0.25, -0.2) is 4.98 Å². The number of nitro benzene ring substituents is 1. The number of hydrogen-bond donors (Lipinski definition) is 0. The second-order valence-electron chi connectivity index (χ2n) is 4.50. The van der Waals surface area contributed by atoms with E-state index in [9.17, 15) is 23.3 Å². The summed E-state index contributed by atoms with van der Waals surface area (Å²) in [6, 6.07) is 9.66. The number of alkyl halides is 3. The fourth-order valence-corrected chi connectivity index (χ4v) is 2.95. The molecule has 2 aromatic carbocycles. The number of ether oxygens (including phenoxy) is 1. The van der Waals surface area contributed by atoms with Crippen LogP contribution in [-0.4, -0.2) is 16.3 Å². The van der Waals surface area contributed by atoms with E-state index in [4.69, 9.17) is 0 Å². The maximum absolute atomic E-state index is 12.2. The number of benzene rings is 2. The summed E-state index contributed by atoms with van der Waals surface area (Å²) >= 11 is 1.18. The van der Waals surface area contributed by atoms with Crippen molar-refractivity contribution < 1.29 is 22.8 Å². The molecule has 9 heteroatoms. The molecule has 0 spiro atoms. The standard InChI is InChI=1S/C14H7F3N2O3S/c15-14(16,17)22-10-5-6-11-12(7-10)23-13(18-11)8-1-3-9(4-2-8)19(20)21/h1-7H. The Morgan fingerprint density at radius 3 is 2.43 bits per heavy atom. The summed E-state index contributed by atoms with van der Waals surface area (Å²) in [5.41, 5.74) is 1.13. The molecule has 0 amide bonds. The molecule has 0 unspecified atom stereocenters. The Morgan fingerprint density at radius 2 is 1.83 bits per heavy atom.